The zero-order valence-corrected chi connectivity index (χ0v) is 15.8. The Hall–Kier alpha value is -3.55. The number of nitrogens with zero attached hydrogens (tertiary/aromatic N) is 4. The average molecular weight is 395 g/mol. The molecular weight excluding hydrogens is 376 g/mol. The van der Waals surface area contributed by atoms with E-state index in [1.165, 1.54) is 12.1 Å². The van der Waals surface area contributed by atoms with E-state index in [1.807, 2.05) is 29.1 Å². The molecule has 3 heterocycles. The fourth-order valence-corrected chi connectivity index (χ4v) is 3.22. The van der Waals surface area contributed by atoms with Crippen molar-refractivity contribution in [1.82, 2.24) is 24.3 Å². The number of rotatable bonds is 6. The monoisotopic (exact) mass is 395 g/mol. The second-order valence-corrected chi connectivity index (χ2v) is 6.70. The largest absolute Gasteiger partial charge is 0.347 e. The lowest BCUT2D eigenvalue weighted by Gasteiger charge is -2.04. The van der Waals surface area contributed by atoms with Gasteiger partial charge in [-0.05, 0) is 36.2 Å². The van der Waals surface area contributed by atoms with Crippen LogP contribution in [0.5, 0.6) is 0 Å². The van der Waals surface area contributed by atoms with Crippen LogP contribution < -0.4 is 5.32 Å². The molecule has 0 saturated carbocycles. The highest BCUT2D eigenvalue weighted by Crippen LogP contribution is 2.22. The van der Waals surface area contributed by atoms with E-state index < -0.39 is 17.5 Å². The Morgan fingerprint density at radius 1 is 1.17 bits per heavy atom. The number of halogens is 2. The molecule has 0 bridgehead atoms. The molecule has 1 aromatic carbocycles. The van der Waals surface area contributed by atoms with Gasteiger partial charge >= 0.3 is 0 Å². The van der Waals surface area contributed by atoms with Crippen molar-refractivity contribution in [2.75, 3.05) is 0 Å². The summed E-state index contributed by atoms with van der Waals surface area (Å²) in [6.45, 7) is 2.91. The van der Waals surface area contributed by atoms with Gasteiger partial charge in [-0.15, -0.1) is 0 Å². The maximum atomic E-state index is 13.4. The lowest BCUT2D eigenvalue weighted by Crippen LogP contribution is -2.23. The van der Waals surface area contributed by atoms with E-state index in [0.717, 1.165) is 19.0 Å². The lowest BCUT2D eigenvalue weighted by atomic mass is 10.2. The average Bonchev–Trinajstić information content (AvgIpc) is 3.30. The minimum atomic E-state index is -0.688. The normalized spacial score (nSPS) is 11.1. The topological polar surface area (TPSA) is 64.2 Å². The van der Waals surface area contributed by atoms with E-state index in [9.17, 15) is 13.6 Å². The van der Waals surface area contributed by atoms with E-state index in [0.29, 0.717) is 22.6 Å². The number of carbonyl (C=O) groups excluding carboxylic acids is 1. The molecule has 4 aromatic rings. The smallest absolute Gasteiger partial charge is 0.272 e. The highest BCUT2D eigenvalue weighted by atomic mass is 19.1. The van der Waals surface area contributed by atoms with Crippen LogP contribution in [-0.4, -0.2) is 24.8 Å². The van der Waals surface area contributed by atoms with E-state index >= 15 is 0 Å². The Kier molecular flexibility index (Phi) is 5.07. The lowest BCUT2D eigenvalue weighted by molar-refractivity contribution is 0.0948. The van der Waals surface area contributed by atoms with Gasteiger partial charge in [0, 0.05) is 31.5 Å². The Labute approximate surface area is 165 Å². The number of aryl methyl sites for hydroxylation is 1. The van der Waals surface area contributed by atoms with Crippen molar-refractivity contribution in [3.05, 3.63) is 78.0 Å². The third-order valence-electron chi connectivity index (χ3n) is 4.48. The molecule has 29 heavy (non-hydrogen) atoms. The predicted octanol–water partition coefficient (Wildman–Crippen LogP) is 3.82. The molecule has 3 aromatic heterocycles. The molecule has 0 saturated heterocycles. The standard InChI is InChI=1S/C21H19F2N5O/c1-2-6-27-12-17(25-13-27)20-26-19(18-5-3-4-7-28(18)20)21(29)24-11-14-8-15(22)10-16(23)9-14/h3-5,7-10,12-13H,2,6,11H2,1H3,(H,24,29). The van der Waals surface area contributed by atoms with Crippen molar-refractivity contribution in [3.63, 3.8) is 0 Å². The summed E-state index contributed by atoms with van der Waals surface area (Å²) in [6.07, 6.45) is 6.42. The molecule has 8 heteroatoms. The Morgan fingerprint density at radius 3 is 2.72 bits per heavy atom. The fraction of sp³-hybridized carbons (Fsp3) is 0.190. The van der Waals surface area contributed by atoms with Gasteiger partial charge in [0.15, 0.2) is 11.5 Å². The number of amides is 1. The maximum Gasteiger partial charge on any atom is 0.272 e. The minimum absolute atomic E-state index is 0.0141. The van der Waals surface area contributed by atoms with Gasteiger partial charge in [-0.2, -0.15) is 0 Å². The van der Waals surface area contributed by atoms with Crippen LogP contribution in [0.15, 0.2) is 55.1 Å². The first-order valence-electron chi connectivity index (χ1n) is 9.27. The Bertz CT molecular complexity index is 1160. The highest BCUT2D eigenvalue weighted by molar-refractivity contribution is 5.99. The number of benzene rings is 1. The summed E-state index contributed by atoms with van der Waals surface area (Å²) in [5.74, 6) is -1.26. The predicted molar refractivity (Wildman–Crippen MR) is 104 cm³/mol. The maximum absolute atomic E-state index is 13.4. The number of carbonyl (C=O) groups is 1. The molecule has 0 atom stereocenters. The summed E-state index contributed by atoms with van der Waals surface area (Å²) in [6, 6.07) is 8.60. The highest BCUT2D eigenvalue weighted by Gasteiger charge is 2.19. The van der Waals surface area contributed by atoms with Crippen molar-refractivity contribution in [1.29, 1.82) is 0 Å². The number of hydrogen-bond donors (Lipinski definition) is 1. The van der Waals surface area contributed by atoms with E-state index in [4.69, 9.17) is 0 Å². The van der Waals surface area contributed by atoms with Gasteiger partial charge in [0.25, 0.3) is 5.91 Å². The summed E-state index contributed by atoms with van der Waals surface area (Å²) in [5, 5.41) is 2.68. The van der Waals surface area contributed by atoms with E-state index in [-0.39, 0.29) is 12.2 Å². The number of aromatic nitrogens is 4. The van der Waals surface area contributed by atoms with Crippen LogP contribution in [-0.2, 0) is 13.1 Å². The van der Waals surface area contributed by atoms with Crippen LogP contribution in [0, 0.1) is 11.6 Å². The third kappa shape index (κ3) is 3.87. The molecule has 0 aliphatic rings. The van der Waals surface area contributed by atoms with E-state index in [1.54, 1.807) is 16.8 Å². The summed E-state index contributed by atoms with van der Waals surface area (Å²) in [7, 11) is 0. The van der Waals surface area contributed by atoms with Crippen LogP contribution >= 0.6 is 0 Å². The van der Waals surface area contributed by atoms with Gasteiger partial charge in [-0.25, -0.2) is 18.7 Å². The molecule has 0 aliphatic carbocycles. The van der Waals surface area contributed by atoms with Crippen molar-refractivity contribution in [3.8, 4) is 11.5 Å². The van der Waals surface area contributed by atoms with Crippen LogP contribution in [0.2, 0.25) is 0 Å². The second-order valence-electron chi connectivity index (χ2n) is 6.70. The number of fused-ring (bicyclic) bond motifs is 1. The molecule has 1 N–H and O–H groups in total. The van der Waals surface area contributed by atoms with Gasteiger partial charge < -0.3 is 9.88 Å². The van der Waals surface area contributed by atoms with Crippen molar-refractivity contribution < 1.29 is 13.6 Å². The van der Waals surface area contributed by atoms with Crippen molar-refractivity contribution in [2.45, 2.75) is 26.4 Å². The van der Waals surface area contributed by atoms with Gasteiger partial charge in [-0.1, -0.05) is 13.0 Å². The molecule has 0 fully saturated rings. The third-order valence-corrected chi connectivity index (χ3v) is 4.48. The van der Waals surface area contributed by atoms with Gasteiger partial charge in [0.2, 0.25) is 0 Å². The van der Waals surface area contributed by atoms with Crippen LogP contribution in [0.4, 0.5) is 8.78 Å². The molecule has 4 rings (SSSR count). The molecule has 1 amide bonds. The van der Waals surface area contributed by atoms with Gasteiger partial charge in [-0.3, -0.25) is 9.20 Å². The summed E-state index contributed by atoms with van der Waals surface area (Å²) in [4.78, 5) is 21.7. The molecule has 0 unspecified atom stereocenters. The molecule has 148 valence electrons. The van der Waals surface area contributed by atoms with Gasteiger partial charge in [0.1, 0.15) is 17.3 Å². The zero-order chi connectivity index (χ0) is 20.4. The zero-order valence-electron chi connectivity index (χ0n) is 15.8. The summed E-state index contributed by atoms with van der Waals surface area (Å²) < 4.78 is 30.5. The first-order chi connectivity index (χ1) is 14.0. The number of pyridine rings is 1. The Balaban J connectivity index is 1.63. The number of hydrogen-bond acceptors (Lipinski definition) is 3. The Morgan fingerprint density at radius 2 is 1.97 bits per heavy atom. The molecular formula is C21H19F2N5O. The number of imidazole rings is 2. The quantitative estimate of drug-likeness (QED) is 0.540. The van der Waals surface area contributed by atoms with Crippen molar-refractivity contribution in [2.24, 2.45) is 0 Å². The van der Waals surface area contributed by atoms with Crippen LogP contribution in [0.1, 0.15) is 29.4 Å². The molecule has 6 nitrogen and oxygen atoms in total. The molecule has 0 aliphatic heterocycles. The molecule has 0 spiro atoms. The first-order valence-corrected chi connectivity index (χ1v) is 9.27. The summed E-state index contributed by atoms with van der Waals surface area (Å²) in [5.41, 5.74) is 1.83. The van der Waals surface area contributed by atoms with Gasteiger partial charge in [0.05, 0.1) is 11.8 Å². The number of nitrogens with one attached hydrogen (secondary N) is 1. The summed E-state index contributed by atoms with van der Waals surface area (Å²) >= 11 is 0. The SMILES string of the molecule is CCCn1cnc(-c2nc(C(=O)NCc3cc(F)cc(F)c3)c3ccccn23)c1. The first kappa shape index (κ1) is 18.8. The van der Waals surface area contributed by atoms with Crippen molar-refractivity contribution >= 4 is 11.4 Å². The minimum Gasteiger partial charge on any atom is -0.347 e. The van der Waals surface area contributed by atoms with Crippen LogP contribution in [0.3, 0.4) is 0 Å². The van der Waals surface area contributed by atoms with E-state index in [2.05, 4.69) is 22.2 Å². The second kappa shape index (κ2) is 7.83. The fourth-order valence-electron chi connectivity index (χ4n) is 3.22. The molecule has 0 radical (unpaired) electrons. The van der Waals surface area contributed by atoms with Crippen LogP contribution in [0.25, 0.3) is 17.0 Å².